The Morgan fingerprint density at radius 2 is 1.97 bits per heavy atom. The average Bonchev–Trinajstić information content (AvgIpc) is 3.29. The summed E-state index contributed by atoms with van der Waals surface area (Å²) in [5.74, 6) is 0.425. The molecule has 2 aliphatic heterocycles. The molecule has 7 nitrogen and oxygen atoms in total. The minimum Gasteiger partial charge on any atom is -0.378 e. The van der Waals surface area contributed by atoms with E-state index < -0.39 is 23.8 Å². The van der Waals surface area contributed by atoms with Crippen molar-refractivity contribution in [2.24, 2.45) is 0 Å². The zero-order chi connectivity index (χ0) is 21.8. The molecule has 0 spiro atoms. The van der Waals surface area contributed by atoms with Gasteiger partial charge in [0.25, 0.3) is 5.56 Å². The van der Waals surface area contributed by atoms with Crippen LogP contribution in [0, 0.1) is 0 Å². The summed E-state index contributed by atoms with van der Waals surface area (Å²) in [5.41, 5.74) is -1.18. The number of rotatable bonds is 3. The predicted molar refractivity (Wildman–Crippen MR) is 110 cm³/mol. The number of aromatic nitrogens is 3. The van der Waals surface area contributed by atoms with Crippen LogP contribution in [0.3, 0.4) is 0 Å². The van der Waals surface area contributed by atoms with Gasteiger partial charge < -0.3 is 19.5 Å². The number of para-hydroxylation sites is 1. The number of fused-ring (bicyclic) bond motifs is 2. The lowest BCUT2D eigenvalue weighted by Gasteiger charge is -2.37. The minimum atomic E-state index is -4.56. The molecule has 1 saturated heterocycles. The van der Waals surface area contributed by atoms with E-state index in [-0.39, 0.29) is 12.5 Å². The summed E-state index contributed by atoms with van der Waals surface area (Å²) in [7, 11) is 0. The van der Waals surface area contributed by atoms with E-state index in [1.807, 2.05) is 29.2 Å². The van der Waals surface area contributed by atoms with Gasteiger partial charge >= 0.3 is 6.18 Å². The smallest absolute Gasteiger partial charge is 0.378 e. The third kappa shape index (κ3) is 3.16. The highest BCUT2D eigenvalue weighted by atomic mass is 19.4. The maximum absolute atomic E-state index is 14.3. The van der Waals surface area contributed by atoms with E-state index in [1.165, 1.54) is 11.0 Å². The Bertz CT molecular complexity index is 1180. The van der Waals surface area contributed by atoms with Crippen LogP contribution in [0.25, 0.3) is 10.9 Å². The maximum Gasteiger partial charge on any atom is 0.413 e. The molecular formula is C21H22F3N5O2. The number of ether oxygens (including phenoxy) is 1. The second-order valence-electron chi connectivity index (χ2n) is 8.16. The third-order valence-corrected chi connectivity index (χ3v) is 6.23. The molecule has 31 heavy (non-hydrogen) atoms. The fourth-order valence-corrected chi connectivity index (χ4v) is 4.33. The molecule has 4 heterocycles. The lowest BCUT2D eigenvalue weighted by atomic mass is 10.00. The first-order valence-corrected chi connectivity index (χ1v) is 10.1. The van der Waals surface area contributed by atoms with Gasteiger partial charge in [-0.25, -0.2) is 0 Å². The van der Waals surface area contributed by atoms with Gasteiger partial charge in [-0.05, 0) is 18.6 Å². The first kappa shape index (κ1) is 19.9. The monoisotopic (exact) mass is 433 g/mol. The van der Waals surface area contributed by atoms with Gasteiger partial charge in [0.05, 0.1) is 19.8 Å². The summed E-state index contributed by atoms with van der Waals surface area (Å²) >= 11 is 0. The zero-order valence-corrected chi connectivity index (χ0v) is 16.9. The second-order valence-corrected chi connectivity index (χ2v) is 8.16. The lowest BCUT2D eigenvalue weighted by Crippen LogP contribution is -2.55. The minimum absolute atomic E-state index is 0.0287. The van der Waals surface area contributed by atoms with Gasteiger partial charge in [-0.3, -0.25) is 9.36 Å². The number of aromatic amines is 1. The molecule has 0 aliphatic carbocycles. The van der Waals surface area contributed by atoms with Gasteiger partial charge in [-0.2, -0.15) is 18.2 Å². The van der Waals surface area contributed by atoms with Gasteiger partial charge in [0, 0.05) is 42.8 Å². The van der Waals surface area contributed by atoms with Crippen LogP contribution in [0.4, 0.5) is 24.9 Å². The highest BCUT2D eigenvalue weighted by molar-refractivity contribution is 5.83. The largest absolute Gasteiger partial charge is 0.413 e. The Labute approximate surface area is 176 Å². The van der Waals surface area contributed by atoms with Crippen molar-refractivity contribution < 1.29 is 17.9 Å². The van der Waals surface area contributed by atoms with Crippen molar-refractivity contribution in [1.82, 2.24) is 14.5 Å². The molecule has 1 atom stereocenters. The summed E-state index contributed by atoms with van der Waals surface area (Å²) in [6.07, 6.45) is -2.84. The quantitative estimate of drug-likeness (QED) is 0.688. The van der Waals surface area contributed by atoms with Crippen LogP contribution >= 0.6 is 0 Å². The van der Waals surface area contributed by atoms with Gasteiger partial charge in [0.2, 0.25) is 5.95 Å². The molecule has 1 N–H and O–H groups in total. The second kappa shape index (κ2) is 7.01. The highest BCUT2D eigenvalue weighted by Crippen LogP contribution is 2.44. The first-order chi connectivity index (χ1) is 14.8. The summed E-state index contributed by atoms with van der Waals surface area (Å²) in [6.45, 7) is 2.65. The van der Waals surface area contributed by atoms with E-state index >= 15 is 0 Å². The van der Waals surface area contributed by atoms with E-state index in [0.717, 1.165) is 22.4 Å². The molecule has 0 amide bonds. The summed E-state index contributed by atoms with van der Waals surface area (Å²) in [5, 5.41) is 0.845. The van der Waals surface area contributed by atoms with Crippen LogP contribution in [0.1, 0.15) is 12.5 Å². The summed E-state index contributed by atoms with van der Waals surface area (Å²) < 4.78 is 49.3. The van der Waals surface area contributed by atoms with Gasteiger partial charge in [0.1, 0.15) is 5.82 Å². The lowest BCUT2D eigenvalue weighted by molar-refractivity contribution is -0.182. The summed E-state index contributed by atoms with van der Waals surface area (Å²) in [6, 6.07) is 8.77. The molecule has 0 saturated carbocycles. The van der Waals surface area contributed by atoms with E-state index in [2.05, 4.69) is 9.97 Å². The van der Waals surface area contributed by atoms with Gasteiger partial charge in [-0.1, -0.05) is 18.2 Å². The van der Waals surface area contributed by atoms with Crippen LogP contribution in [0.5, 0.6) is 0 Å². The Hall–Kier alpha value is -3.01. The van der Waals surface area contributed by atoms with Crippen molar-refractivity contribution in [2.75, 3.05) is 36.1 Å². The molecule has 2 aliphatic rings. The number of morpholine rings is 1. The van der Waals surface area contributed by atoms with Crippen LogP contribution < -0.4 is 15.4 Å². The van der Waals surface area contributed by atoms with Crippen molar-refractivity contribution in [3.8, 4) is 0 Å². The molecule has 1 aromatic carbocycles. The number of halogens is 3. The van der Waals surface area contributed by atoms with Crippen molar-refractivity contribution in [3.63, 3.8) is 0 Å². The maximum atomic E-state index is 14.3. The van der Waals surface area contributed by atoms with Gasteiger partial charge in [-0.15, -0.1) is 0 Å². The Morgan fingerprint density at radius 3 is 2.71 bits per heavy atom. The topological polar surface area (TPSA) is 66.4 Å². The van der Waals surface area contributed by atoms with Gasteiger partial charge in [0.15, 0.2) is 5.54 Å². The number of nitrogens with zero attached hydrogens (tertiary/aromatic N) is 4. The number of anilines is 2. The highest BCUT2D eigenvalue weighted by Gasteiger charge is 2.60. The Balaban J connectivity index is 1.62. The van der Waals surface area contributed by atoms with Crippen molar-refractivity contribution in [1.29, 1.82) is 0 Å². The molecule has 2 aromatic heterocycles. The van der Waals surface area contributed by atoms with Crippen LogP contribution in [0.15, 0.2) is 41.3 Å². The predicted octanol–water partition coefficient (Wildman–Crippen LogP) is 2.90. The molecule has 3 aromatic rings. The Kier molecular flexibility index (Phi) is 4.51. The molecular weight excluding hydrogens is 411 g/mol. The number of nitrogens with one attached hydrogen (secondary N) is 1. The van der Waals surface area contributed by atoms with Crippen LogP contribution in [-0.4, -0.2) is 52.6 Å². The average molecular weight is 433 g/mol. The molecule has 1 fully saturated rings. The van der Waals surface area contributed by atoms with E-state index in [4.69, 9.17) is 4.74 Å². The SMILES string of the molecule is CC1(C(F)(F)F)Cn2c(nc(N3CCOCC3)cc2=O)N1Cc1c[nH]c2ccccc12. The standard InChI is InChI=1S/C21H22F3N5O2/c1-20(21(22,23)24)13-28-18(30)10-17(27-6-8-31-9-7-27)26-19(28)29(20)12-14-11-25-16-5-3-2-4-15(14)16/h2-5,10-11,25H,6-9,12-13H2,1H3. The normalized spacial score (nSPS) is 21.7. The molecule has 0 radical (unpaired) electrons. The fraction of sp³-hybridized carbons (Fsp3) is 0.429. The van der Waals surface area contributed by atoms with E-state index in [9.17, 15) is 18.0 Å². The van der Waals surface area contributed by atoms with Crippen molar-refractivity contribution in [2.45, 2.75) is 31.7 Å². The molecule has 164 valence electrons. The first-order valence-electron chi connectivity index (χ1n) is 10.1. The fourth-order valence-electron chi connectivity index (χ4n) is 4.33. The zero-order valence-electron chi connectivity index (χ0n) is 16.9. The van der Waals surface area contributed by atoms with Crippen LogP contribution in [0.2, 0.25) is 0 Å². The van der Waals surface area contributed by atoms with Crippen molar-refractivity contribution in [3.05, 3.63) is 52.4 Å². The number of hydrogen-bond acceptors (Lipinski definition) is 5. The number of H-pyrrole nitrogens is 1. The third-order valence-electron chi connectivity index (χ3n) is 6.23. The van der Waals surface area contributed by atoms with Crippen molar-refractivity contribution >= 4 is 22.7 Å². The summed E-state index contributed by atoms with van der Waals surface area (Å²) in [4.78, 5) is 23.6. The number of hydrogen-bond donors (Lipinski definition) is 1. The molecule has 1 unspecified atom stereocenters. The van der Waals surface area contributed by atoms with E-state index in [0.29, 0.717) is 37.7 Å². The molecule has 5 rings (SSSR count). The molecule has 0 bridgehead atoms. The Morgan fingerprint density at radius 1 is 1.23 bits per heavy atom. The number of benzene rings is 1. The van der Waals surface area contributed by atoms with E-state index in [1.54, 1.807) is 6.20 Å². The van der Waals surface area contributed by atoms with Crippen LogP contribution in [-0.2, 0) is 17.8 Å². The number of alkyl halides is 3. The molecule has 10 heteroatoms.